The first-order valence-electron chi connectivity index (χ1n) is 7.16. The number of rotatable bonds is 5. The van der Waals surface area contributed by atoms with Crippen molar-refractivity contribution in [3.8, 4) is 0 Å². The molecule has 2 heterocycles. The van der Waals surface area contributed by atoms with Crippen molar-refractivity contribution in [2.75, 3.05) is 44.8 Å². The van der Waals surface area contributed by atoms with Gasteiger partial charge in [0.25, 0.3) is 0 Å². The fourth-order valence-electron chi connectivity index (χ4n) is 2.33. The van der Waals surface area contributed by atoms with E-state index in [-0.39, 0.29) is 4.90 Å². The second-order valence-corrected chi connectivity index (χ2v) is 7.58. The van der Waals surface area contributed by atoms with Crippen LogP contribution in [0.4, 0.5) is 5.82 Å². The Morgan fingerprint density at radius 3 is 2.52 bits per heavy atom. The summed E-state index contributed by atoms with van der Waals surface area (Å²) < 4.78 is 31.6. The molecule has 118 valence electrons. The van der Waals surface area contributed by atoms with Crippen LogP contribution < -0.4 is 4.90 Å². The summed E-state index contributed by atoms with van der Waals surface area (Å²) in [6, 6.07) is 3.39. The van der Waals surface area contributed by atoms with Gasteiger partial charge in [-0.3, -0.25) is 0 Å². The molecule has 7 heteroatoms. The van der Waals surface area contributed by atoms with Crippen LogP contribution in [0.25, 0.3) is 0 Å². The van der Waals surface area contributed by atoms with Gasteiger partial charge in [0.15, 0.2) is 0 Å². The van der Waals surface area contributed by atoms with Crippen molar-refractivity contribution in [3.63, 3.8) is 0 Å². The smallest absolute Gasteiger partial charge is 0.244 e. The normalized spacial score (nSPS) is 17.1. The van der Waals surface area contributed by atoms with E-state index in [1.165, 1.54) is 10.5 Å². The summed E-state index contributed by atoms with van der Waals surface area (Å²) in [5, 5.41) is 0. The average Bonchev–Trinajstić information content (AvgIpc) is 2.47. The zero-order valence-electron chi connectivity index (χ0n) is 12.8. The lowest BCUT2D eigenvalue weighted by Gasteiger charge is -2.26. The minimum absolute atomic E-state index is 0.242. The fraction of sp³-hybridized carbons (Fsp3) is 0.643. The third-order valence-electron chi connectivity index (χ3n) is 3.36. The molecule has 1 aliphatic rings. The topological polar surface area (TPSA) is 62.7 Å². The number of ether oxygens (including phenoxy) is 1. The Hall–Kier alpha value is -1.18. The van der Waals surface area contributed by atoms with E-state index >= 15 is 0 Å². The predicted octanol–water partition coefficient (Wildman–Crippen LogP) is 1.19. The molecule has 0 aromatic carbocycles. The molecule has 0 amide bonds. The standard InChI is InChI=1S/C14H23N3O3S/c1-12(2)11-16(3)14-5-4-13(10-15-14)21(18,19)17-6-8-20-9-7-17/h4-5,10,12H,6-9,11H2,1-3H3. The predicted molar refractivity (Wildman–Crippen MR) is 81.9 cm³/mol. The molecule has 1 fully saturated rings. The van der Waals surface area contributed by atoms with E-state index in [4.69, 9.17) is 4.74 Å². The van der Waals surface area contributed by atoms with Crippen LogP contribution in [0.2, 0.25) is 0 Å². The molecule has 0 aliphatic carbocycles. The van der Waals surface area contributed by atoms with E-state index in [1.807, 2.05) is 11.9 Å². The maximum atomic E-state index is 12.5. The minimum atomic E-state index is -3.46. The number of sulfonamides is 1. The maximum Gasteiger partial charge on any atom is 0.244 e. The minimum Gasteiger partial charge on any atom is -0.379 e. The summed E-state index contributed by atoms with van der Waals surface area (Å²) in [5.74, 6) is 1.30. The van der Waals surface area contributed by atoms with Gasteiger partial charge in [0.05, 0.1) is 13.2 Å². The fourth-order valence-corrected chi connectivity index (χ4v) is 3.68. The number of anilines is 1. The van der Waals surface area contributed by atoms with Crippen molar-refractivity contribution in [1.82, 2.24) is 9.29 Å². The summed E-state index contributed by atoms with van der Waals surface area (Å²) in [5.41, 5.74) is 0. The van der Waals surface area contributed by atoms with Gasteiger partial charge in [0, 0.05) is 32.9 Å². The quantitative estimate of drug-likeness (QED) is 0.817. The number of pyridine rings is 1. The molecule has 2 rings (SSSR count). The summed E-state index contributed by atoms with van der Waals surface area (Å²) in [7, 11) is -1.50. The van der Waals surface area contributed by atoms with Crippen molar-refractivity contribution in [2.45, 2.75) is 18.7 Å². The van der Waals surface area contributed by atoms with E-state index in [2.05, 4.69) is 18.8 Å². The van der Waals surface area contributed by atoms with Gasteiger partial charge in [-0.25, -0.2) is 13.4 Å². The first kappa shape index (κ1) is 16.2. The third-order valence-corrected chi connectivity index (χ3v) is 5.24. The molecule has 1 aliphatic heterocycles. The van der Waals surface area contributed by atoms with Crippen LogP contribution in [-0.2, 0) is 14.8 Å². The Morgan fingerprint density at radius 1 is 1.33 bits per heavy atom. The Balaban J connectivity index is 2.14. The van der Waals surface area contributed by atoms with Crippen molar-refractivity contribution in [1.29, 1.82) is 0 Å². The number of hydrogen-bond acceptors (Lipinski definition) is 5. The van der Waals surface area contributed by atoms with Crippen molar-refractivity contribution in [3.05, 3.63) is 18.3 Å². The van der Waals surface area contributed by atoms with Gasteiger partial charge in [-0.15, -0.1) is 0 Å². The number of morpholine rings is 1. The molecule has 1 aromatic heterocycles. The first-order valence-corrected chi connectivity index (χ1v) is 8.60. The molecular formula is C14H23N3O3S. The largest absolute Gasteiger partial charge is 0.379 e. The molecule has 0 N–H and O–H groups in total. The van der Waals surface area contributed by atoms with E-state index in [1.54, 1.807) is 12.1 Å². The van der Waals surface area contributed by atoms with Crippen LogP contribution in [0.3, 0.4) is 0 Å². The highest BCUT2D eigenvalue weighted by atomic mass is 32.2. The highest BCUT2D eigenvalue weighted by Gasteiger charge is 2.26. The van der Waals surface area contributed by atoms with Crippen LogP contribution in [-0.4, -0.2) is 57.6 Å². The number of aromatic nitrogens is 1. The number of hydrogen-bond donors (Lipinski definition) is 0. The van der Waals surface area contributed by atoms with Gasteiger partial charge >= 0.3 is 0 Å². The molecule has 0 bridgehead atoms. The van der Waals surface area contributed by atoms with Crippen LogP contribution >= 0.6 is 0 Å². The van der Waals surface area contributed by atoms with Gasteiger partial charge in [-0.05, 0) is 18.1 Å². The monoisotopic (exact) mass is 313 g/mol. The van der Waals surface area contributed by atoms with Gasteiger partial charge in [0.2, 0.25) is 10.0 Å². The molecular weight excluding hydrogens is 290 g/mol. The van der Waals surface area contributed by atoms with Crippen molar-refractivity contribution >= 4 is 15.8 Å². The first-order chi connectivity index (χ1) is 9.91. The highest BCUT2D eigenvalue weighted by molar-refractivity contribution is 7.89. The van der Waals surface area contributed by atoms with Gasteiger partial charge < -0.3 is 9.64 Å². The second kappa shape index (κ2) is 6.72. The molecule has 0 atom stereocenters. The lowest BCUT2D eigenvalue weighted by atomic mass is 10.2. The molecule has 1 aromatic rings. The Kier molecular flexibility index (Phi) is 5.18. The molecule has 0 unspecified atom stereocenters. The molecule has 0 spiro atoms. The van der Waals surface area contributed by atoms with Crippen LogP contribution in [0, 0.1) is 5.92 Å². The molecule has 1 saturated heterocycles. The SMILES string of the molecule is CC(C)CN(C)c1ccc(S(=O)(=O)N2CCOCC2)cn1. The van der Waals surface area contributed by atoms with Crippen molar-refractivity contribution in [2.24, 2.45) is 5.92 Å². The van der Waals surface area contributed by atoms with E-state index in [0.717, 1.165) is 12.4 Å². The summed E-state index contributed by atoms with van der Waals surface area (Å²) >= 11 is 0. The molecule has 0 radical (unpaired) electrons. The lowest BCUT2D eigenvalue weighted by Crippen LogP contribution is -2.40. The Bertz CT molecular complexity index is 551. The molecule has 0 saturated carbocycles. The summed E-state index contributed by atoms with van der Waals surface area (Å²) in [6.07, 6.45) is 1.44. The van der Waals surface area contributed by atoms with Crippen LogP contribution in [0.5, 0.6) is 0 Å². The van der Waals surface area contributed by atoms with Gasteiger partial charge in [-0.1, -0.05) is 13.8 Å². The summed E-state index contributed by atoms with van der Waals surface area (Å²) in [6.45, 7) is 6.84. The Morgan fingerprint density at radius 2 is 2.00 bits per heavy atom. The highest BCUT2D eigenvalue weighted by Crippen LogP contribution is 2.19. The second-order valence-electron chi connectivity index (χ2n) is 5.64. The van der Waals surface area contributed by atoms with E-state index < -0.39 is 10.0 Å². The third kappa shape index (κ3) is 3.93. The zero-order chi connectivity index (χ0) is 15.5. The van der Waals surface area contributed by atoms with Crippen molar-refractivity contribution < 1.29 is 13.2 Å². The lowest BCUT2D eigenvalue weighted by molar-refractivity contribution is 0.0730. The van der Waals surface area contributed by atoms with Crippen LogP contribution in [0.1, 0.15) is 13.8 Å². The van der Waals surface area contributed by atoms with E-state index in [9.17, 15) is 8.42 Å². The van der Waals surface area contributed by atoms with Gasteiger partial charge in [0.1, 0.15) is 10.7 Å². The van der Waals surface area contributed by atoms with E-state index in [0.29, 0.717) is 32.2 Å². The average molecular weight is 313 g/mol. The Labute approximate surface area is 126 Å². The van der Waals surface area contributed by atoms with Crippen LogP contribution in [0.15, 0.2) is 23.2 Å². The molecule has 6 nitrogen and oxygen atoms in total. The number of nitrogens with zero attached hydrogens (tertiary/aromatic N) is 3. The summed E-state index contributed by atoms with van der Waals surface area (Å²) in [4.78, 5) is 6.55. The molecule has 21 heavy (non-hydrogen) atoms. The maximum absolute atomic E-state index is 12.5. The zero-order valence-corrected chi connectivity index (χ0v) is 13.6. The van der Waals surface area contributed by atoms with Gasteiger partial charge in [-0.2, -0.15) is 4.31 Å².